The van der Waals surface area contributed by atoms with Crippen LogP contribution in [0.3, 0.4) is 0 Å². The van der Waals surface area contributed by atoms with E-state index in [1.54, 1.807) is 0 Å². The number of hydrogen-bond donors (Lipinski definition) is 0. The van der Waals surface area contributed by atoms with Crippen LogP contribution in [0, 0.1) is 0 Å². The average molecular weight is 731 g/mol. The van der Waals surface area contributed by atoms with Crippen LogP contribution in [0.15, 0.2) is 187 Å². The Balaban J connectivity index is 1.09. The first-order valence-corrected chi connectivity index (χ1v) is 19.0. The summed E-state index contributed by atoms with van der Waals surface area (Å²) in [7, 11) is 0. The molecule has 7 heteroatoms. The van der Waals surface area contributed by atoms with Gasteiger partial charge in [-0.05, 0) is 60.7 Å². The van der Waals surface area contributed by atoms with E-state index in [0.29, 0.717) is 23.2 Å². The zero-order valence-corrected chi connectivity index (χ0v) is 30.4. The largest absolute Gasteiger partial charge is 0.455 e. The Morgan fingerprint density at radius 1 is 0.386 bits per heavy atom. The second-order valence-corrected chi connectivity index (χ2v) is 14.3. The number of aromatic nitrogens is 6. The third-order valence-corrected chi connectivity index (χ3v) is 11.0. The molecule has 0 aliphatic carbocycles. The number of hydrogen-bond acceptors (Lipinski definition) is 5. The molecular formula is C50H30N6O. The number of pyridine rings is 1. The summed E-state index contributed by atoms with van der Waals surface area (Å²) in [4.78, 5) is 19.7. The third-order valence-electron chi connectivity index (χ3n) is 11.0. The van der Waals surface area contributed by atoms with Crippen molar-refractivity contribution in [2.24, 2.45) is 0 Å². The Morgan fingerprint density at radius 3 is 1.68 bits per heavy atom. The first-order chi connectivity index (χ1) is 28.3. The van der Waals surface area contributed by atoms with Gasteiger partial charge in [0.2, 0.25) is 0 Å². The molecule has 0 amide bonds. The van der Waals surface area contributed by atoms with E-state index in [1.165, 1.54) is 0 Å². The Hall–Kier alpha value is -7.90. The van der Waals surface area contributed by atoms with E-state index in [-0.39, 0.29) is 0 Å². The summed E-state index contributed by atoms with van der Waals surface area (Å²) in [5.74, 6) is 1.72. The van der Waals surface area contributed by atoms with Gasteiger partial charge in [-0.2, -0.15) is 0 Å². The fourth-order valence-electron chi connectivity index (χ4n) is 8.52. The molecule has 0 saturated heterocycles. The Morgan fingerprint density at radius 2 is 0.982 bits per heavy atom. The molecule has 0 saturated carbocycles. The van der Waals surface area contributed by atoms with Crippen LogP contribution >= 0.6 is 0 Å². The Labute approximate surface area is 325 Å². The standard InChI is InChI=1S/C50H30N6O/c1-4-14-31(15-5-1)48-52-49(32-16-6-2-7-17-32)54-50(53-48)39-27-24-34(30-51-39)55-40-22-12-10-21-37(40)44-41(55)29-26-38-45-42(56(46(38)44)33-18-8-3-9-19-33)28-25-36-35-20-11-13-23-43(35)57-47(36)45/h1-30H. The monoisotopic (exact) mass is 730 g/mol. The van der Waals surface area contributed by atoms with Gasteiger partial charge in [-0.25, -0.2) is 15.0 Å². The normalized spacial score (nSPS) is 11.9. The van der Waals surface area contributed by atoms with Crippen LogP contribution in [0.1, 0.15) is 0 Å². The lowest BCUT2D eigenvalue weighted by Crippen LogP contribution is -2.02. The predicted octanol–water partition coefficient (Wildman–Crippen LogP) is 12.4. The summed E-state index contributed by atoms with van der Waals surface area (Å²) in [6.07, 6.45) is 1.92. The van der Waals surface area contributed by atoms with Crippen LogP contribution in [-0.4, -0.2) is 29.1 Å². The van der Waals surface area contributed by atoms with E-state index >= 15 is 0 Å². The molecule has 0 N–H and O–H groups in total. The number of nitrogens with zero attached hydrogens (tertiary/aromatic N) is 6. The third kappa shape index (κ3) is 4.79. The fraction of sp³-hybridized carbons (Fsp3) is 0. The molecule has 0 aliphatic heterocycles. The Kier molecular flexibility index (Phi) is 6.79. The van der Waals surface area contributed by atoms with Gasteiger partial charge in [0.25, 0.3) is 0 Å². The molecule has 7 nitrogen and oxygen atoms in total. The molecule has 5 aromatic heterocycles. The van der Waals surface area contributed by atoms with Crippen molar-refractivity contribution in [3.63, 3.8) is 0 Å². The predicted molar refractivity (Wildman–Crippen MR) is 230 cm³/mol. The summed E-state index contributed by atoms with van der Waals surface area (Å²) >= 11 is 0. The molecule has 0 radical (unpaired) electrons. The molecule has 12 rings (SSSR count). The van der Waals surface area contributed by atoms with Gasteiger partial charge < -0.3 is 13.6 Å². The first kappa shape index (κ1) is 31.5. The molecule has 0 bridgehead atoms. The van der Waals surface area contributed by atoms with Crippen molar-refractivity contribution in [1.29, 1.82) is 0 Å². The van der Waals surface area contributed by atoms with Gasteiger partial charge in [-0.3, -0.25) is 4.98 Å². The molecule has 5 heterocycles. The summed E-state index contributed by atoms with van der Waals surface area (Å²) < 4.78 is 11.4. The zero-order valence-electron chi connectivity index (χ0n) is 30.4. The molecule has 7 aromatic carbocycles. The molecular weight excluding hydrogens is 701 g/mol. The van der Waals surface area contributed by atoms with Crippen molar-refractivity contribution in [2.75, 3.05) is 0 Å². The zero-order chi connectivity index (χ0) is 37.5. The SMILES string of the molecule is c1ccc(-c2nc(-c3ccccc3)nc(-c3ccc(-n4c5ccccc5c5c4ccc4c6c7oc8ccccc8c7ccc6n(-c6ccccc6)c45)cn3)n2)cc1. The highest BCUT2D eigenvalue weighted by Gasteiger charge is 2.24. The van der Waals surface area contributed by atoms with Crippen molar-refractivity contribution in [1.82, 2.24) is 29.1 Å². The van der Waals surface area contributed by atoms with Gasteiger partial charge in [0.05, 0.1) is 39.3 Å². The van der Waals surface area contributed by atoms with Gasteiger partial charge in [0.1, 0.15) is 16.9 Å². The average Bonchev–Trinajstić information content (AvgIpc) is 3.95. The lowest BCUT2D eigenvalue weighted by Gasteiger charge is -2.11. The molecule has 12 aromatic rings. The minimum absolute atomic E-state index is 0.516. The maximum atomic E-state index is 6.67. The van der Waals surface area contributed by atoms with E-state index < -0.39 is 0 Å². The van der Waals surface area contributed by atoms with Crippen LogP contribution in [0.2, 0.25) is 0 Å². The maximum absolute atomic E-state index is 6.67. The lowest BCUT2D eigenvalue weighted by molar-refractivity contribution is 0.673. The first-order valence-electron chi connectivity index (χ1n) is 19.0. The molecule has 0 atom stereocenters. The van der Waals surface area contributed by atoms with Gasteiger partial charge in [-0.1, -0.05) is 115 Å². The molecule has 0 spiro atoms. The van der Waals surface area contributed by atoms with Crippen molar-refractivity contribution >= 4 is 65.6 Å². The van der Waals surface area contributed by atoms with Crippen LogP contribution < -0.4 is 0 Å². The van der Waals surface area contributed by atoms with Crippen molar-refractivity contribution in [3.05, 3.63) is 182 Å². The quantitative estimate of drug-likeness (QED) is 0.176. The summed E-state index contributed by atoms with van der Waals surface area (Å²) in [6, 6.07) is 60.6. The van der Waals surface area contributed by atoms with E-state index in [0.717, 1.165) is 88.1 Å². The molecule has 57 heavy (non-hydrogen) atoms. The van der Waals surface area contributed by atoms with Crippen molar-refractivity contribution in [3.8, 4) is 45.7 Å². The highest BCUT2D eigenvalue weighted by molar-refractivity contribution is 6.30. The van der Waals surface area contributed by atoms with E-state index in [4.69, 9.17) is 24.4 Å². The molecule has 0 fully saturated rings. The fourth-order valence-corrected chi connectivity index (χ4v) is 8.52. The summed E-state index contributed by atoms with van der Waals surface area (Å²) in [6.45, 7) is 0. The number of para-hydroxylation sites is 3. The second kappa shape index (κ2) is 12.3. The highest BCUT2D eigenvalue weighted by atomic mass is 16.3. The van der Waals surface area contributed by atoms with Gasteiger partial charge in [0, 0.05) is 43.7 Å². The van der Waals surface area contributed by atoms with E-state index in [2.05, 4.69) is 106 Å². The van der Waals surface area contributed by atoms with E-state index in [1.807, 2.05) is 85.1 Å². The topological polar surface area (TPSA) is 74.6 Å². The summed E-state index contributed by atoms with van der Waals surface area (Å²) in [5, 5.41) is 6.79. The summed E-state index contributed by atoms with van der Waals surface area (Å²) in [5.41, 5.74) is 10.7. The van der Waals surface area contributed by atoms with Crippen molar-refractivity contribution in [2.45, 2.75) is 0 Å². The Bertz CT molecular complexity index is 3440. The van der Waals surface area contributed by atoms with Crippen LogP contribution in [-0.2, 0) is 0 Å². The van der Waals surface area contributed by atoms with Crippen LogP contribution in [0.5, 0.6) is 0 Å². The van der Waals surface area contributed by atoms with Gasteiger partial charge in [-0.15, -0.1) is 0 Å². The minimum atomic E-state index is 0.516. The molecule has 0 unspecified atom stereocenters. The lowest BCUT2D eigenvalue weighted by atomic mass is 10.1. The number of furan rings is 1. The maximum Gasteiger partial charge on any atom is 0.182 e. The minimum Gasteiger partial charge on any atom is -0.455 e. The van der Waals surface area contributed by atoms with Crippen molar-refractivity contribution < 1.29 is 4.42 Å². The smallest absolute Gasteiger partial charge is 0.182 e. The van der Waals surface area contributed by atoms with E-state index in [9.17, 15) is 0 Å². The number of benzene rings is 7. The second-order valence-electron chi connectivity index (χ2n) is 14.3. The van der Waals surface area contributed by atoms with Crippen LogP contribution in [0.4, 0.5) is 0 Å². The number of rotatable bonds is 5. The highest BCUT2D eigenvalue weighted by Crippen LogP contribution is 2.45. The molecule has 266 valence electrons. The molecule has 0 aliphatic rings. The van der Waals surface area contributed by atoms with Crippen LogP contribution in [0.25, 0.3) is 111 Å². The number of fused-ring (bicyclic) bond motifs is 11. The van der Waals surface area contributed by atoms with Gasteiger partial charge in [0.15, 0.2) is 17.5 Å². The van der Waals surface area contributed by atoms with Gasteiger partial charge >= 0.3 is 0 Å².